The van der Waals surface area contributed by atoms with E-state index in [2.05, 4.69) is 4.84 Å². The van der Waals surface area contributed by atoms with Gasteiger partial charge >= 0.3 is 0 Å². The van der Waals surface area contributed by atoms with E-state index >= 15 is 0 Å². The van der Waals surface area contributed by atoms with Gasteiger partial charge in [0.15, 0.2) is 12.4 Å². The maximum absolute atomic E-state index is 10.7. The molecule has 0 aromatic heterocycles. The van der Waals surface area contributed by atoms with Gasteiger partial charge in [-0.3, -0.25) is 9.63 Å². The van der Waals surface area contributed by atoms with Crippen molar-refractivity contribution >= 4 is 12.2 Å². The quantitative estimate of drug-likeness (QED) is 0.284. The maximum Gasteiger partial charge on any atom is 0.243 e. The van der Waals surface area contributed by atoms with E-state index in [9.17, 15) is 14.7 Å². The fourth-order valence-corrected chi connectivity index (χ4v) is 0.711. The van der Waals surface area contributed by atoms with Crippen molar-refractivity contribution in [3.63, 3.8) is 0 Å². The Hall–Kier alpha value is -1.02. The normalized spacial score (nSPS) is 16.5. The second kappa shape index (κ2) is 7.30. The molecule has 0 spiro atoms. The fourth-order valence-electron chi connectivity index (χ4n) is 0.711. The van der Waals surface area contributed by atoms with Crippen molar-refractivity contribution in [2.45, 2.75) is 31.7 Å². The van der Waals surface area contributed by atoms with Gasteiger partial charge < -0.3 is 20.1 Å². The minimum absolute atomic E-state index is 0.157. The van der Waals surface area contributed by atoms with E-state index < -0.39 is 30.8 Å². The first-order chi connectivity index (χ1) is 7.06. The van der Waals surface area contributed by atoms with Gasteiger partial charge in [0.05, 0.1) is 6.61 Å². The third-order valence-corrected chi connectivity index (χ3v) is 1.68. The molecule has 0 aliphatic heterocycles. The van der Waals surface area contributed by atoms with Crippen LogP contribution in [0.3, 0.4) is 0 Å². The first kappa shape index (κ1) is 14.0. The number of amides is 1. The molecule has 0 fully saturated rings. The molecule has 0 aromatic carbocycles. The Morgan fingerprint density at radius 3 is 2.53 bits per heavy atom. The Morgan fingerprint density at radius 1 is 1.53 bits per heavy atom. The summed E-state index contributed by atoms with van der Waals surface area (Å²) in [6.45, 7) is 0.865. The monoisotopic (exact) mass is 221 g/mol. The van der Waals surface area contributed by atoms with Gasteiger partial charge in [0.2, 0.25) is 5.91 Å². The lowest BCUT2D eigenvalue weighted by atomic mass is 10.1. The highest BCUT2D eigenvalue weighted by molar-refractivity contribution is 5.74. The summed E-state index contributed by atoms with van der Waals surface area (Å²) in [4.78, 5) is 25.7. The minimum Gasteiger partial charge on any atom is -0.394 e. The molecular formula is C8H15NO6. The van der Waals surface area contributed by atoms with Crippen LogP contribution in [0.4, 0.5) is 0 Å². The molecule has 0 radical (unpaired) electrons. The first-order valence-electron chi connectivity index (χ1n) is 4.43. The van der Waals surface area contributed by atoms with Gasteiger partial charge in [0.25, 0.3) is 0 Å². The van der Waals surface area contributed by atoms with Gasteiger partial charge in [-0.05, 0) is 0 Å². The molecule has 0 saturated carbocycles. The van der Waals surface area contributed by atoms with Crippen molar-refractivity contribution in [2.24, 2.45) is 0 Å². The summed E-state index contributed by atoms with van der Waals surface area (Å²) in [7, 11) is 0. The van der Waals surface area contributed by atoms with Crippen LogP contribution in [-0.2, 0) is 14.4 Å². The number of carbonyl (C=O) groups excluding carboxylic acids is 2. The van der Waals surface area contributed by atoms with Crippen LogP contribution < -0.4 is 5.48 Å². The Bertz CT molecular complexity index is 209. The number of rotatable bonds is 7. The van der Waals surface area contributed by atoms with Crippen molar-refractivity contribution in [2.75, 3.05) is 6.61 Å². The topological polar surface area (TPSA) is 116 Å². The molecule has 0 aromatic rings. The Morgan fingerprint density at radius 2 is 2.13 bits per heavy atom. The summed E-state index contributed by atoms with van der Waals surface area (Å²) in [6, 6.07) is 0. The molecule has 1 amide bonds. The molecule has 7 nitrogen and oxygen atoms in total. The van der Waals surface area contributed by atoms with Crippen LogP contribution in [0.15, 0.2) is 0 Å². The molecule has 0 aliphatic carbocycles. The van der Waals surface area contributed by atoms with Crippen LogP contribution in [0.5, 0.6) is 0 Å². The van der Waals surface area contributed by atoms with E-state index in [4.69, 9.17) is 10.2 Å². The zero-order valence-corrected chi connectivity index (χ0v) is 8.29. The Balaban J connectivity index is 4.12. The number of nitrogens with one attached hydrogen (secondary N) is 1. The van der Waals surface area contributed by atoms with E-state index in [-0.39, 0.29) is 12.7 Å². The van der Waals surface area contributed by atoms with Gasteiger partial charge in [-0.2, -0.15) is 0 Å². The predicted molar refractivity (Wildman–Crippen MR) is 48.5 cm³/mol. The number of aliphatic hydroxyl groups is 3. The van der Waals surface area contributed by atoms with E-state index in [1.807, 2.05) is 5.48 Å². The molecule has 0 bridgehead atoms. The second-order valence-corrected chi connectivity index (χ2v) is 2.84. The highest BCUT2D eigenvalue weighted by atomic mass is 16.7. The van der Waals surface area contributed by atoms with Gasteiger partial charge in [0, 0.05) is 6.42 Å². The first-order valence-corrected chi connectivity index (χ1v) is 4.43. The number of carbonyl (C=O) groups is 2. The van der Waals surface area contributed by atoms with Crippen LogP contribution in [0.2, 0.25) is 0 Å². The highest BCUT2D eigenvalue weighted by Gasteiger charge is 2.27. The van der Waals surface area contributed by atoms with Gasteiger partial charge in [-0.1, -0.05) is 6.92 Å². The smallest absolute Gasteiger partial charge is 0.243 e. The molecule has 0 rings (SSSR count). The van der Waals surface area contributed by atoms with E-state index in [0.717, 1.165) is 0 Å². The molecule has 15 heavy (non-hydrogen) atoms. The lowest BCUT2D eigenvalue weighted by Crippen LogP contribution is -2.45. The predicted octanol–water partition coefficient (Wildman–Crippen LogP) is -2.27. The zero-order valence-electron chi connectivity index (χ0n) is 8.29. The number of aliphatic hydroxyl groups excluding tert-OH is 3. The van der Waals surface area contributed by atoms with E-state index in [1.165, 1.54) is 0 Å². The lowest BCUT2D eigenvalue weighted by Gasteiger charge is -2.21. The van der Waals surface area contributed by atoms with Gasteiger partial charge in [0.1, 0.15) is 12.2 Å². The summed E-state index contributed by atoms with van der Waals surface area (Å²) in [6.07, 6.45) is -4.13. The molecule has 4 N–H and O–H groups in total. The van der Waals surface area contributed by atoms with Crippen LogP contribution in [0.25, 0.3) is 0 Å². The van der Waals surface area contributed by atoms with Crippen LogP contribution >= 0.6 is 0 Å². The number of hydrogen-bond acceptors (Lipinski definition) is 6. The average Bonchev–Trinajstić information content (AvgIpc) is 2.27. The zero-order chi connectivity index (χ0) is 11.8. The van der Waals surface area contributed by atoms with Crippen molar-refractivity contribution in [1.82, 2.24) is 5.48 Å². The van der Waals surface area contributed by atoms with Crippen molar-refractivity contribution in [3.8, 4) is 0 Å². The third-order valence-electron chi connectivity index (χ3n) is 1.68. The summed E-state index contributed by atoms with van der Waals surface area (Å²) in [5.41, 5.74) is 1.92. The molecule has 0 aliphatic rings. The lowest BCUT2D eigenvalue weighted by molar-refractivity contribution is -0.159. The average molecular weight is 221 g/mol. The van der Waals surface area contributed by atoms with E-state index in [0.29, 0.717) is 0 Å². The molecular weight excluding hydrogens is 206 g/mol. The van der Waals surface area contributed by atoms with Crippen molar-refractivity contribution < 1.29 is 29.7 Å². The number of hydroxylamine groups is 1. The maximum atomic E-state index is 10.7. The number of aldehydes is 1. The summed E-state index contributed by atoms with van der Waals surface area (Å²) < 4.78 is 0. The Kier molecular flexibility index (Phi) is 6.80. The Labute approximate surface area is 86.6 Å². The molecule has 88 valence electrons. The van der Waals surface area contributed by atoms with Crippen molar-refractivity contribution in [3.05, 3.63) is 0 Å². The van der Waals surface area contributed by atoms with Crippen LogP contribution in [0.1, 0.15) is 13.3 Å². The van der Waals surface area contributed by atoms with Crippen LogP contribution in [0, 0.1) is 0 Å². The summed E-state index contributed by atoms with van der Waals surface area (Å²) in [5.74, 6) is -0.465. The molecule has 0 saturated heterocycles. The summed E-state index contributed by atoms with van der Waals surface area (Å²) in [5, 5.41) is 26.7. The van der Waals surface area contributed by atoms with E-state index in [1.54, 1.807) is 6.92 Å². The fraction of sp³-hybridized carbons (Fsp3) is 0.750. The van der Waals surface area contributed by atoms with Gasteiger partial charge in [-0.15, -0.1) is 0 Å². The second-order valence-electron chi connectivity index (χ2n) is 2.84. The van der Waals surface area contributed by atoms with Gasteiger partial charge in [-0.25, -0.2) is 5.48 Å². The molecule has 0 unspecified atom stereocenters. The minimum atomic E-state index is -1.59. The molecule has 0 heterocycles. The SMILES string of the molecule is CCC(=O)NO[C@@H](C=O)[C@H](O)[C@H](O)CO. The number of hydrogen-bond donors (Lipinski definition) is 4. The molecule has 7 heteroatoms. The third kappa shape index (κ3) is 4.84. The standard InChI is InChI=1S/C8H15NO6/c1-2-7(13)9-15-6(4-11)8(14)5(12)3-10/h4-6,8,10,12,14H,2-3H2,1H3,(H,9,13)/t5-,6+,8-/m1/s1. The van der Waals surface area contributed by atoms with Crippen LogP contribution in [-0.4, -0.2) is 52.4 Å². The summed E-state index contributed by atoms with van der Waals surface area (Å²) >= 11 is 0. The highest BCUT2D eigenvalue weighted by Crippen LogP contribution is 2.01. The molecule has 3 atom stereocenters. The largest absolute Gasteiger partial charge is 0.394 e. The van der Waals surface area contributed by atoms with Crippen molar-refractivity contribution in [1.29, 1.82) is 0 Å².